The van der Waals surface area contributed by atoms with Gasteiger partial charge in [0.15, 0.2) is 0 Å². The van der Waals surface area contributed by atoms with Gasteiger partial charge in [-0.15, -0.1) is 0 Å². The van der Waals surface area contributed by atoms with Crippen LogP contribution in [0.4, 0.5) is 18.9 Å². The van der Waals surface area contributed by atoms with E-state index in [1.165, 1.54) is 19.2 Å². The highest BCUT2D eigenvalue weighted by molar-refractivity contribution is 5.94. The van der Waals surface area contributed by atoms with Crippen molar-refractivity contribution in [2.45, 2.75) is 13.1 Å². The molecular formula is C21H17F3N2O2. The number of esters is 1. The summed E-state index contributed by atoms with van der Waals surface area (Å²) in [5, 5.41) is 0. The number of rotatable bonds is 3. The lowest BCUT2D eigenvalue weighted by Gasteiger charge is -2.14. The molecule has 2 N–H and O–H groups in total. The Morgan fingerprint density at radius 1 is 1.04 bits per heavy atom. The molecule has 0 radical (unpaired) electrons. The minimum Gasteiger partial charge on any atom is -0.465 e. The van der Waals surface area contributed by atoms with Gasteiger partial charge in [0.2, 0.25) is 0 Å². The number of benzene rings is 2. The van der Waals surface area contributed by atoms with E-state index in [2.05, 4.69) is 4.98 Å². The third-order valence-corrected chi connectivity index (χ3v) is 4.25. The number of nitrogens with zero attached hydrogens (tertiary/aromatic N) is 1. The van der Waals surface area contributed by atoms with Gasteiger partial charge >= 0.3 is 12.1 Å². The molecule has 0 aliphatic heterocycles. The van der Waals surface area contributed by atoms with E-state index in [0.717, 1.165) is 17.7 Å². The summed E-state index contributed by atoms with van der Waals surface area (Å²) in [4.78, 5) is 16.4. The molecule has 2 aromatic carbocycles. The summed E-state index contributed by atoms with van der Waals surface area (Å²) in [5.74, 6) is -0.610. The molecule has 4 nitrogen and oxygen atoms in total. The van der Waals surface area contributed by atoms with Crippen LogP contribution in [0.25, 0.3) is 22.4 Å². The SMILES string of the molecule is COC(=O)c1cc(-c2ccc(C)cn2)cc(-c2cc(C(F)(F)F)ccc2N)c1. The second kappa shape index (κ2) is 7.34. The number of aryl methyl sites for hydroxylation is 1. The van der Waals surface area contributed by atoms with E-state index < -0.39 is 17.7 Å². The first-order chi connectivity index (χ1) is 13.2. The van der Waals surface area contributed by atoms with Crippen molar-refractivity contribution in [1.82, 2.24) is 4.98 Å². The fourth-order valence-electron chi connectivity index (χ4n) is 2.79. The Bertz CT molecular complexity index is 1030. The topological polar surface area (TPSA) is 65.2 Å². The molecule has 7 heteroatoms. The van der Waals surface area contributed by atoms with Crippen LogP contribution in [-0.2, 0) is 10.9 Å². The first kappa shape index (κ1) is 19.4. The molecule has 0 aliphatic carbocycles. The van der Waals surface area contributed by atoms with E-state index >= 15 is 0 Å². The van der Waals surface area contributed by atoms with E-state index in [1.54, 1.807) is 24.4 Å². The summed E-state index contributed by atoms with van der Waals surface area (Å²) < 4.78 is 44.2. The number of hydrogen-bond donors (Lipinski definition) is 1. The standard InChI is InChI=1S/C21H17F3N2O2/c1-12-3-6-19(26-11-12)14-7-13(8-15(9-14)20(27)28-2)17-10-16(21(22,23)24)4-5-18(17)25/h3-11H,25H2,1-2H3. The minimum absolute atomic E-state index is 0.165. The van der Waals surface area contributed by atoms with Crippen molar-refractivity contribution in [2.75, 3.05) is 12.8 Å². The lowest BCUT2D eigenvalue weighted by atomic mass is 9.95. The molecule has 0 bridgehead atoms. The number of pyridine rings is 1. The van der Waals surface area contributed by atoms with Crippen molar-refractivity contribution in [3.05, 3.63) is 71.4 Å². The molecular weight excluding hydrogens is 369 g/mol. The highest BCUT2D eigenvalue weighted by Crippen LogP contribution is 2.36. The number of alkyl halides is 3. The molecule has 0 fully saturated rings. The number of nitrogens with two attached hydrogens (primary N) is 1. The Morgan fingerprint density at radius 2 is 1.75 bits per heavy atom. The van der Waals surface area contributed by atoms with Gasteiger partial charge in [-0.3, -0.25) is 4.98 Å². The molecule has 28 heavy (non-hydrogen) atoms. The number of halogens is 3. The van der Waals surface area contributed by atoms with Crippen LogP contribution in [0, 0.1) is 6.92 Å². The summed E-state index contributed by atoms with van der Waals surface area (Å²) in [5.41, 5.74) is 8.09. The van der Waals surface area contributed by atoms with Gasteiger partial charge in [0, 0.05) is 23.0 Å². The van der Waals surface area contributed by atoms with Crippen molar-refractivity contribution in [2.24, 2.45) is 0 Å². The molecule has 0 atom stereocenters. The number of hydrogen-bond acceptors (Lipinski definition) is 4. The number of anilines is 1. The first-order valence-corrected chi connectivity index (χ1v) is 8.32. The predicted octanol–water partition coefficient (Wildman–Crippen LogP) is 5.11. The normalized spacial score (nSPS) is 11.3. The number of methoxy groups -OCH3 is 1. The fourth-order valence-corrected chi connectivity index (χ4v) is 2.79. The number of aromatic nitrogens is 1. The predicted molar refractivity (Wildman–Crippen MR) is 101 cm³/mol. The Hall–Kier alpha value is -3.35. The van der Waals surface area contributed by atoms with Gasteiger partial charge in [0.1, 0.15) is 0 Å². The van der Waals surface area contributed by atoms with Crippen LogP contribution in [0.15, 0.2) is 54.7 Å². The van der Waals surface area contributed by atoms with Gasteiger partial charge in [0.25, 0.3) is 0 Å². The summed E-state index contributed by atoms with van der Waals surface area (Å²) in [6.07, 6.45) is -2.85. The van der Waals surface area contributed by atoms with Crippen LogP contribution >= 0.6 is 0 Å². The second-order valence-electron chi connectivity index (χ2n) is 6.31. The monoisotopic (exact) mass is 386 g/mol. The van der Waals surface area contributed by atoms with Gasteiger partial charge in [-0.05, 0) is 60.5 Å². The Balaban J connectivity index is 2.22. The maximum Gasteiger partial charge on any atom is 0.416 e. The van der Waals surface area contributed by atoms with Crippen LogP contribution in [0.5, 0.6) is 0 Å². The van der Waals surface area contributed by atoms with Gasteiger partial charge in [-0.1, -0.05) is 6.07 Å². The van der Waals surface area contributed by atoms with Crippen LogP contribution in [0.3, 0.4) is 0 Å². The smallest absolute Gasteiger partial charge is 0.416 e. The first-order valence-electron chi connectivity index (χ1n) is 8.32. The molecule has 0 saturated carbocycles. The van der Waals surface area contributed by atoms with Crippen molar-refractivity contribution in [3.63, 3.8) is 0 Å². The zero-order valence-electron chi connectivity index (χ0n) is 15.2. The molecule has 3 aromatic rings. The maximum atomic E-state index is 13.1. The van der Waals surface area contributed by atoms with E-state index in [1.807, 2.05) is 13.0 Å². The Labute approximate surface area is 159 Å². The average Bonchev–Trinajstić information content (AvgIpc) is 2.67. The van der Waals surface area contributed by atoms with Crippen molar-refractivity contribution < 1.29 is 22.7 Å². The third kappa shape index (κ3) is 3.98. The molecule has 144 valence electrons. The number of carbonyl (C=O) groups is 1. The lowest BCUT2D eigenvalue weighted by molar-refractivity contribution is -0.137. The van der Waals surface area contributed by atoms with Crippen LogP contribution in [0.1, 0.15) is 21.5 Å². The highest BCUT2D eigenvalue weighted by atomic mass is 19.4. The summed E-state index contributed by atoms with van der Waals surface area (Å²) >= 11 is 0. The van der Waals surface area contributed by atoms with E-state index in [-0.39, 0.29) is 16.8 Å². The molecule has 0 unspecified atom stereocenters. The van der Waals surface area contributed by atoms with E-state index in [9.17, 15) is 18.0 Å². The molecule has 0 spiro atoms. The van der Waals surface area contributed by atoms with Gasteiger partial charge < -0.3 is 10.5 Å². The highest BCUT2D eigenvalue weighted by Gasteiger charge is 2.31. The fraction of sp³-hybridized carbons (Fsp3) is 0.143. The van der Waals surface area contributed by atoms with E-state index in [0.29, 0.717) is 16.8 Å². The number of carbonyl (C=O) groups excluding carboxylic acids is 1. The molecule has 1 heterocycles. The zero-order chi connectivity index (χ0) is 20.5. The van der Waals surface area contributed by atoms with Crippen LogP contribution < -0.4 is 5.73 Å². The average molecular weight is 386 g/mol. The molecule has 0 saturated heterocycles. The molecule has 0 aliphatic rings. The van der Waals surface area contributed by atoms with Crippen LogP contribution in [-0.4, -0.2) is 18.1 Å². The van der Waals surface area contributed by atoms with Crippen LogP contribution in [0.2, 0.25) is 0 Å². The number of nitrogen functional groups attached to an aromatic ring is 1. The van der Waals surface area contributed by atoms with Crippen molar-refractivity contribution >= 4 is 11.7 Å². The molecule has 3 rings (SSSR count). The summed E-state index contributed by atoms with van der Waals surface area (Å²) in [6.45, 7) is 1.89. The lowest BCUT2D eigenvalue weighted by Crippen LogP contribution is -2.06. The van der Waals surface area contributed by atoms with Gasteiger partial charge in [-0.25, -0.2) is 4.79 Å². The Morgan fingerprint density at radius 3 is 2.36 bits per heavy atom. The quantitative estimate of drug-likeness (QED) is 0.502. The largest absolute Gasteiger partial charge is 0.465 e. The molecule has 0 amide bonds. The second-order valence-corrected chi connectivity index (χ2v) is 6.31. The van der Waals surface area contributed by atoms with Gasteiger partial charge in [-0.2, -0.15) is 13.2 Å². The van der Waals surface area contributed by atoms with E-state index in [4.69, 9.17) is 10.5 Å². The molecule has 1 aromatic heterocycles. The minimum atomic E-state index is -4.51. The maximum absolute atomic E-state index is 13.1. The van der Waals surface area contributed by atoms with Crippen molar-refractivity contribution in [3.8, 4) is 22.4 Å². The third-order valence-electron chi connectivity index (χ3n) is 4.25. The zero-order valence-corrected chi connectivity index (χ0v) is 15.2. The Kier molecular flexibility index (Phi) is 5.09. The number of ether oxygens (including phenoxy) is 1. The summed E-state index contributed by atoms with van der Waals surface area (Å²) in [7, 11) is 1.23. The summed E-state index contributed by atoms with van der Waals surface area (Å²) in [6, 6.07) is 11.4. The van der Waals surface area contributed by atoms with Gasteiger partial charge in [0.05, 0.1) is 23.9 Å². The van der Waals surface area contributed by atoms with Crippen molar-refractivity contribution in [1.29, 1.82) is 0 Å².